The molecule has 6 nitrogen and oxygen atoms in total. The molecule has 1 amide bonds. The van der Waals surface area contributed by atoms with Crippen LogP contribution in [0.5, 0.6) is 0 Å². The molecule has 0 bridgehead atoms. The van der Waals surface area contributed by atoms with E-state index in [4.69, 9.17) is 5.14 Å². The van der Waals surface area contributed by atoms with Gasteiger partial charge in [0.2, 0.25) is 15.9 Å². The highest BCUT2D eigenvalue weighted by atomic mass is 32.3. The molecule has 21 heavy (non-hydrogen) atoms. The number of hydrogen-bond acceptors (Lipinski definition) is 5. The van der Waals surface area contributed by atoms with E-state index in [1.807, 2.05) is 0 Å². The monoisotopic (exact) mass is 344 g/mol. The van der Waals surface area contributed by atoms with Crippen molar-refractivity contribution in [3.05, 3.63) is 36.4 Å². The zero-order valence-electron chi connectivity index (χ0n) is 10.9. The first-order valence-electron chi connectivity index (χ1n) is 5.69. The van der Waals surface area contributed by atoms with Crippen molar-refractivity contribution in [3.63, 3.8) is 0 Å². The van der Waals surface area contributed by atoms with E-state index in [2.05, 4.69) is 5.32 Å². The van der Waals surface area contributed by atoms with E-state index in [0.29, 0.717) is 14.8 Å². The summed E-state index contributed by atoms with van der Waals surface area (Å²) in [4.78, 5) is 11.4. The Labute approximate surface area is 128 Å². The van der Waals surface area contributed by atoms with Crippen LogP contribution in [-0.2, 0) is 25.6 Å². The van der Waals surface area contributed by atoms with Crippen LogP contribution in [0.2, 0.25) is 0 Å². The van der Waals surface area contributed by atoms with Crippen LogP contribution in [0.3, 0.4) is 0 Å². The lowest BCUT2D eigenvalue weighted by molar-refractivity contribution is -0.114. The Morgan fingerprint density at radius 3 is 2.29 bits per heavy atom. The smallest absolute Gasteiger partial charge is 0.247 e. The largest absolute Gasteiger partial charge is 0.326 e. The maximum absolute atomic E-state index is 12.3. The molecule has 0 aliphatic rings. The molecule has 0 aliphatic carbocycles. The molecule has 0 fully saturated rings. The molecule has 1 heterocycles. The van der Waals surface area contributed by atoms with Crippen molar-refractivity contribution in [2.75, 3.05) is 5.32 Å². The molecule has 0 spiro atoms. The molecule has 112 valence electrons. The zero-order chi connectivity index (χ0) is 15.6. The highest BCUT2D eigenvalue weighted by Gasteiger charge is 2.15. The van der Waals surface area contributed by atoms with Crippen molar-refractivity contribution in [2.24, 2.45) is 5.14 Å². The van der Waals surface area contributed by atoms with Gasteiger partial charge in [0.15, 0.2) is 0 Å². The molecular weight excluding hydrogens is 332 g/mol. The number of rotatable bonds is 4. The Hall–Kier alpha value is -1.55. The SMILES string of the molecule is CC(=O)Nc1ccc([S@@](=O)c2ccc(S(N)(=O)=O)s2)cc1. The maximum atomic E-state index is 12.3. The van der Waals surface area contributed by atoms with E-state index in [1.54, 1.807) is 24.3 Å². The summed E-state index contributed by atoms with van der Waals surface area (Å²) >= 11 is 0.875. The van der Waals surface area contributed by atoms with Gasteiger partial charge in [-0.2, -0.15) is 0 Å². The molecule has 2 aromatic rings. The number of hydrogen-bond donors (Lipinski definition) is 2. The summed E-state index contributed by atoms with van der Waals surface area (Å²) in [5.41, 5.74) is 0.597. The van der Waals surface area contributed by atoms with E-state index >= 15 is 0 Å². The van der Waals surface area contributed by atoms with E-state index < -0.39 is 20.8 Å². The summed E-state index contributed by atoms with van der Waals surface area (Å²) in [7, 11) is -5.28. The standard InChI is InChI=1S/C12H12N2O4S3/c1-8(15)14-9-2-4-10(5-3-9)20(16)11-6-7-12(19-11)21(13,17)18/h2-7H,1H3,(H,14,15)(H2,13,17,18)/t20-/m1/s1. The number of benzene rings is 1. The van der Waals surface area contributed by atoms with Crippen LogP contribution in [0.15, 0.2) is 49.7 Å². The van der Waals surface area contributed by atoms with Gasteiger partial charge in [0.1, 0.15) is 4.21 Å². The average Bonchev–Trinajstić information content (AvgIpc) is 2.87. The maximum Gasteiger partial charge on any atom is 0.247 e. The summed E-state index contributed by atoms with van der Waals surface area (Å²) in [5, 5.41) is 7.62. The van der Waals surface area contributed by atoms with Gasteiger partial charge < -0.3 is 5.32 Å². The third kappa shape index (κ3) is 3.97. The number of amides is 1. The number of nitrogens with two attached hydrogens (primary N) is 1. The minimum atomic E-state index is -3.78. The number of anilines is 1. The molecule has 0 aliphatic heterocycles. The highest BCUT2D eigenvalue weighted by Crippen LogP contribution is 2.27. The minimum Gasteiger partial charge on any atom is -0.326 e. The summed E-state index contributed by atoms with van der Waals surface area (Å²) < 4.78 is 35.1. The van der Waals surface area contributed by atoms with Crippen LogP contribution >= 0.6 is 11.3 Å². The molecule has 1 aromatic heterocycles. The molecule has 1 atom stereocenters. The molecular formula is C12H12N2O4S3. The van der Waals surface area contributed by atoms with Gasteiger partial charge in [-0.1, -0.05) is 0 Å². The first-order valence-corrected chi connectivity index (χ1v) is 9.21. The Morgan fingerprint density at radius 2 is 1.81 bits per heavy atom. The van der Waals surface area contributed by atoms with Gasteiger partial charge in [-0.15, -0.1) is 11.3 Å². The number of primary sulfonamides is 1. The number of sulfonamides is 1. The fourth-order valence-electron chi connectivity index (χ4n) is 1.54. The van der Waals surface area contributed by atoms with Gasteiger partial charge in [0.25, 0.3) is 0 Å². The van der Waals surface area contributed by atoms with Crippen LogP contribution in [-0.4, -0.2) is 18.5 Å². The molecule has 0 saturated heterocycles. The first-order chi connectivity index (χ1) is 9.77. The second kappa shape index (κ2) is 6.06. The van der Waals surface area contributed by atoms with Crippen LogP contribution in [0.25, 0.3) is 0 Å². The fraction of sp³-hybridized carbons (Fsp3) is 0.0833. The van der Waals surface area contributed by atoms with E-state index in [0.717, 1.165) is 11.3 Å². The summed E-state index contributed by atoms with van der Waals surface area (Å²) in [5.74, 6) is -0.195. The molecule has 0 unspecified atom stereocenters. The van der Waals surface area contributed by atoms with Gasteiger partial charge >= 0.3 is 0 Å². The zero-order valence-corrected chi connectivity index (χ0v) is 13.3. The first kappa shape index (κ1) is 15.8. The quantitative estimate of drug-likeness (QED) is 0.877. The Bertz CT molecular complexity index is 794. The number of nitrogens with one attached hydrogen (secondary N) is 1. The number of carbonyl (C=O) groups excluding carboxylic acids is 1. The van der Waals surface area contributed by atoms with Crippen molar-refractivity contribution in [2.45, 2.75) is 20.2 Å². The fourth-order valence-corrected chi connectivity index (χ4v) is 4.83. The third-order valence-corrected chi connectivity index (χ3v) is 6.63. The Kier molecular flexibility index (Phi) is 4.57. The van der Waals surface area contributed by atoms with E-state index in [9.17, 15) is 17.4 Å². The second-order valence-electron chi connectivity index (χ2n) is 4.09. The molecule has 0 radical (unpaired) electrons. The predicted molar refractivity (Wildman–Crippen MR) is 81.1 cm³/mol. The van der Waals surface area contributed by atoms with Crippen molar-refractivity contribution in [1.82, 2.24) is 0 Å². The lowest BCUT2D eigenvalue weighted by atomic mass is 10.3. The average molecular weight is 344 g/mol. The van der Waals surface area contributed by atoms with E-state index in [-0.39, 0.29) is 10.1 Å². The summed E-state index contributed by atoms with van der Waals surface area (Å²) in [6.07, 6.45) is 0. The molecule has 9 heteroatoms. The molecule has 3 N–H and O–H groups in total. The number of carbonyl (C=O) groups is 1. The van der Waals surface area contributed by atoms with E-state index in [1.165, 1.54) is 19.1 Å². The van der Waals surface area contributed by atoms with Gasteiger partial charge in [0.05, 0.1) is 15.0 Å². The molecule has 0 saturated carbocycles. The minimum absolute atomic E-state index is 0.0271. The van der Waals surface area contributed by atoms with Crippen LogP contribution < -0.4 is 10.5 Å². The van der Waals surface area contributed by atoms with Gasteiger partial charge in [0, 0.05) is 17.5 Å². The number of thiophene rings is 1. The lowest BCUT2D eigenvalue weighted by Crippen LogP contribution is -2.09. The summed E-state index contributed by atoms with van der Waals surface area (Å²) in [6.45, 7) is 1.40. The van der Waals surface area contributed by atoms with Crippen LogP contribution in [0.4, 0.5) is 5.69 Å². The molecule has 1 aromatic carbocycles. The summed E-state index contributed by atoms with van der Waals surface area (Å²) in [6, 6.07) is 9.28. The van der Waals surface area contributed by atoms with Crippen molar-refractivity contribution < 1.29 is 17.4 Å². The van der Waals surface area contributed by atoms with Crippen molar-refractivity contribution in [1.29, 1.82) is 0 Å². The lowest BCUT2D eigenvalue weighted by Gasteiger charge is -2.03. The second-order valence-corrected chi connectivity index (χ2v) is 8.67. The Morgan fingerprint density at radius 1 is 1.19 bits per heavy atom. The normalized spacial score (nSPS) is 12.9. The third-order valence-electron chi connectivity index (χ3n) is 2.41. The van der Waals surface area contributed by atoms with Gasteiger partial charge in [-0.3, -0.25) is 4.79 Å². The van der Waals surface area contributed by atoms with Crippen molar-refractivity contribution in [3.8, 4) is 0 Å². The van der Waals surface area contributed by atoms with Gasteiger partial charge in [-0.05, 0) is 36.4 Å². The Balaban J connectivity index is 2.24. The van der Waals surface area contributed by atoms with Crippen LogP contribution in [0.1, 0.15) is 6.92 Å². The van der Waals surface area contributed by atoms with Crippen LogP contribution in [0, 0.1) is 0 Å². The highest BCUT2D eigenvalue weighted by molar-refractivity contribution is 7.92. The predicted octanol–water partition coefficient (Wildman–Crippen LogP) is 1.52. The molecule has 2 rings (SSSR count). The van der Waals surface area contributed by atoms with Gasteiger partial charge in [-0.25, -0.2) is 17.8 Å². The van der Waals surface area contributed by atoms with Crippen molar-refractivity contribution >= 4 is 43.8 Å². The topological polar surface area (TPSA) is 106 Å².